The van der Waals surface area contributed by atoms with E-state index in [1.807, 2.05) is 12.1 Å². The molecule has 0 unspecified atom stereocenters. The van der Waals surface area contributed by atoms with E-state index in [-0.39, 0.29) is 5.97 Å². The first-order chi connectivity index (χ1) is 9.63. The highest BCUT2D eigenvalue weighted by Gasteiger charge is 2.01. The van der Waals surface area contributed by atoms with E-state index in [4.69, 9.17) is 11.6 Å². The van der Waals surface area contributed by atoms with Crippen LogP contribution in [0.25, 0.3) is 5.70 Å². The van der Waals surface area contributed by atoms with Crippen LogP contribution in [0.4, 0.5) is 0 Å². The number of nitrogens with two attached hydrogens (primary N) is 2. The Balaban J connectivity index is 2.26. The van der Waals surface area contributed by atoms with Gasteiger partial charge >= 0.3 is 5.97 Å². The van der Waals surface area contributed by atoms with Crippen LogP contribution in [-0.2, 0) is 9.53 Å². The summed E-state index contributed by atoms with van der Waals surface area (Å²) in [6, 6.07) is 3.70. The molecule has 6 nitrogen and oxygen atoms in total. The molecule has 1 heterocycles. The fraction of sp³-hybridized carbons (Fsp3) is 0.429. The summed E-state index contributed by atoms with van der Waals surface area (Å²) in [6.07, 6.45) is 8.15. The summed E-state index contributed by atoms with van der Waals surface area (Å²) in [4.78, 5) is 14.9. The van der Waals surface area contributed by atoms with E-state index in [0.717, 1.165) is 24.8 Å². The van der Waals surface area contributed by atoms with Gasteiger partial charge in [0.25, 0.3) is 0 Å². The smallest absolute Gasteiger partial charge is 0.305 e. The summed E-state index contributed by atoms with van der Waals surface area (Å²) < 4.78 is 4.57. The van der Waals surface area contributed by atoms with Gasteiger partial charge in [0.1, 0.15) is 0 Å². The Morgan fingerprint density at radius 3 is 2.90 bits per heavy atom. The van der Waals surface area contributed by atoms with E-state index in [1.165, 1.54) is 7.11 Å². The number of hydrogen-bond donors (Lipinski definition) is 2. The van der Waals surface area contributed by atoms with Crippen molar-refractivity contribution in [1.29, 1.82) is 0 Å². The number of aromatic nitrogens is 1. The maximum atomic E-state index is 10.9. The van der Waals surface area contributed by atoms with Gasteiger partial charge in [0.2, 0.25) is 0 Å². The molecule has 1 aromatic heterocycles. The van der Waals surface area contributed by atoms with Crippen LogP contribution in [0.3, 0.4) is 0 Å². The van der Waals surface area contributed by atoms with Crippen molar-refractivity contribution in [2.45, 2.75) is 25.7 Å². The van der Waals surface area contributed by atoms with Crippen LogP contribution in [0.15, 0.2) is 30.7 Å². The SMILES string of the molecule is COC(=O)CCCCCN(N)/C=C(\N)c1cccnc1. The lowest BCUT2D eigenvalue weighted by Crippen LogP contribution is -2.27. The molecule has 110 valence electrons. The molecular weight excluding hydrogens is 256 g/mol. The topological polar surface area (TPSA) is 94.5 Å². The van der Waals surface area contributed by atoms with Gasteiger partial charge in [0.15, 0.2) is 0 Å². The molecule has 6 heteroatoms. The molecule has 0 aliphatic heterocycles. The number of carbonyl (C=O) groups excluding carboxylic acids is 1. The number of nitrogens with zero attached hydrogens (tertiary/aromatic N) is 2. The first-order valence-electron chi connectivity index (χ1n) is 6.59. The summed E-state index contributed by atoms with van der Waals surface area (Å²) >= 11 is 0. The normalized spacial score (nSPS) is 11.2. The number of hydrogen-bond acceptors (Lipinski definition) is 6. The summed E-state index contributed by atoms with van der Waals surface area (Å²) in [5.41, 5.74) is 7.34. The van der Waals surface area contributed by atoms with Crippen LogP contribution in [0.5, 0.6) is 0 Å². The number of unbranched alkanes of at least 4 members (excludes halogenated alkanes) is 2. The minimum atomic E-state index is -0.171. The minimum absolute atomic E-state index is 0.171. The zero-order chi connectivity index (χ0) is 14.8. The number of pyridine rings is 1. The summed E-state index contributed by atoms with van der Waals surface area (Å²) in [7, 11) is 1.40. The number of hydrazine groups is 1. The van der Waals surface area contributed by atoms with Crippen LogP contribution < -0.4 is 11.6 Å². The molecule has 1 rings (SSSR count). The van der Waals surface area contributed by atoms with Crippen molar-refractivity contribution in [2.24, 2.45) is 11.6 Å². The van der Waals surface area contributed by atoms with Crippen molar-refractivity contribution in [3.8, 4) is 0 Å². The predicted octanol–water partition coefficient (Wildman–Crippen LogP) is 1.25. The second kappa shape index (κ2) is 8.92. The average Bonchev–Trinajstić information content (AvgIpc) is 2.47. The van der Waals surface area contributed by atoms with Crippen LogP contribution >= 0.6 is 0 Å². The van der Waals surface area contributed by atoms with Gasteiger partial charge in [-0.25, -0.2) is 5.84 Å². The summed E-state index contributed by atoms with van der Waals surface area (Å²) in [5.74, 6) is 5.67. The molecule has 1 aromatic rings. The Bertz CT molecular complexity index is 434. The van der Waals surface area contributed by atoms with Crippen molar-refractivity contribution in [3.05, 3.63) is 36.3 Å². The van der Waals surface area contributed by atoms with Crippen molar-refractivity contribution >= 4 is 11.7 Å². The standard InChI is InChI=1S/C14H22N4O2/c1-20-14(19)7-3-2-4-9-18(16)11-13(15)12-6-5-8-17-10-12/h5-6,8,10-11H,2-4,7,9,15-16H2,1H3/b13-11-. The van der Waals surface area contributed by atoms with Crippen LogP contribution in [-0.4, -0.2) is 29.6 Å². The Kier molecular flexibility index (Phi) is 7.13. The van der Waals surface area contributed by atoms with Gasteiger partial charge in [-0.1, -0.05) is 6.42 Å². The zero-order valence-electron chi connectivity index (χ0n) is 11.8. The highest BCUT2D eigenvalue weighted by atomic mass is 16.5. The first kappa shape index (κ1) is 16.0. The van der Waals surface area contributed by atoms with Gasteiger partial charge in [-0.15, -0.1) is 0 Å². The van der Waals surface area contributed by atoms with Crippen molar-refractivity contribution in [3.63, 3.8) is 0 Å². The van der Waals surface area contributed by atoms with Crippen molar-refractivity contribution in [2.75, 3.05) is 13.7 Å². The third-order valence-corrected chi connectivity index (χ3v) is 2.82. The third-order valence-electron chi connectivity index (χ3n) is 2.82. The van der Waals surface area contributed by atoms with Crippen LogP contribution in [0, 0.1) is 0 Å². The van der Waals surface area contributed by atoms with Gasteiger partial charge in [-0.05, 0) is 25.0 Å². The molecule has 0 fully saturated rings. The van der Waals surface area contributed by atoms with Crippen LogP contribution in [0.2, 0.25) is 0 Å². The first-order valence-corrected chi connectivity index (χ1v) is 6.59. The van der Waals surface area contributed by atoms with Crippen LogP contribution in [0.1, 0.15) is 31.2 Å². The van der Waals surface area contributed by atoms with E-state index < -0.39 is 0 Å². The Hall–Kier alpha value is -2.08. The zero-order valence-corrected chi connectivity index (χ0v) is 11.8. The maximum absolute atomic E-state index is 10.9. The number of rotatable bonds is 8. The largest absolute Gasteiger partial charge is 0.469 e. The fourth-order valence-corrected chi connectivity index (χ4v) is 1.69. The molecule has 0 amide bonds. The monoisotopic (exact) mass is 278 g/mol. The Morgan fingerprint density at radius 2 is 2.25 bits per heavy atom. The second-order valence-electron chi connectivity index (χ2n) is 4.45. The third kappa shape index (κ3) is 6.19. The molecule has 0 aliphatic rings. The van der Waals surface area contributed by atoms with E-state index in [2.05, 4.69) is 9.72 Å². The highest BCUT2D eigenvalue weighted by Crippen LogP contribution is 2.07. The molecule has 0 saturated carbocycles. The van der Waals surface area contributed by atoms with Gasteiger partial charge in [0.05, 0.1) is 12.8 Å². The Morgan fingerprint density at radius 1 is 1.45 bits per heavy atom. The van der Waals surface area contributed by atoms with E-state index in [0.29, 0.717) is 18.7 Å². The van der Waals surface area contributed by atoms with Crippen molar-refractivity contribution in [1.82, 2.24) is 9.99 Å². The summed E-state index contributed by atoms with van der Waals surface area (Å²) in [6.45, 7) is 0.683. The lowest BCUT2D eigenvalue weighted by atomic mass is 10.2. The lowest BCUT2D eigenvalue weighted by molar-refractivity contribution is -0.140. The molecule has 20 heavy (non-hydrogen) atoms. The molecule has 0 saturated heterocycles. The van der Waals surface area contributed by atoms with Gasteiger partial charge in [0, 0.05) is 37.1 Å². The molecule has 0 spiro atoms. The van der Waals surface area contributed by atoms with Gasteiger partial charge in [-0.2, -0.15) is 0 Å². The maximum Gasteiger partial charge on any atom is 0.305 e. The molecular formula is C14H22N4O2. The fourth-order valence-electron chi connectivity index (χ4n) is 1.69. The molecule has 0 radical (unpaired) electrons. The summed E-state index contributed by atoms with van der Waals surface area (Å²) in [5, 5.41) is 1.56. The van der Waals surface area contributed by atoms with E-state index in [1.54, 1.807) is 23.6 Å². The lowest BCUT2D eigenvalue weighted by Gasteiger charge is -2.14. The minimum Gasteiger partial charge on any atom is -0.469 e. The molecule has 0 aliphatic carbocycles. The van der Waals surface area contributed by atoms with Crippen molar-refractivity contribution < 1.29 is 9.53 Å². The highest BCUT2D eigenvalue weighted by molar-refractivity contribution is 5.68. The molecule has 0 aromatic carbocycles. The molecule has 0 bridgehead atoms. The Labute approximate surface area is 119 Å². The number of esters is 1. The second-order valence-corrected chi connectivity index (χ2v) is 4.45. The van der Waals surface area contributed by atoms with E-state index in [9.17, 15) is 4.79 Å². The quantitative estimate of drug-likeness (QED) is 0.321. The number of methoxy groups -OCH3 is 1. The van der Waals surface area contributed by atoms with Gasteiger partial charge in [-0.3, -0.25) is 9.78 Å². The van der Waals surface area contributed by atoms with E-state index >= 15 is 0 Å². The van der Waals surface area contributed by atoms with Gasteiger partial charge < -0.3 is 15.5 Å². The predicted molar refractivity (Wildman–Crippen MR) is 77.8 cm³/mol. The molecule has 4 N–H and O–H groups in total. The average molecular weight is 278 g/mol. The number of ether oxygens (including phenoxy) is 1. The number of carbonyl (C=O) groups is 1. The molecule has 0 atom stereocenters.